The molecule has 0 aromatic carbocycles. The molecule has 1 saturated carbocycles. The van der Waals surface area contributed by atoms with Crippen molar-refractivity contribution >= 4 is 5.78 Å². The molecule has 1 unspecified atom stereocenters. The van der Waals surface area contributed by atoms with E-state index in [2.05, 4.69) is 18.7 Å². The van der Waals surface area contributed by atoms with Gasteiger partial charge in [-0.2, -0.15) is 0 Å². The number of Topliss-reactive ketones (excluding diaryl/α,β-unsaturated/α-hetero) is 1. The minimum atomic E-state index is 0.457. The maximum Gasteiger partial charge on any atom is 0.135 e. The zero-order valence-electron chi connectivity index (χ0n) is 10.1. The maximum absolute atomic E-state index is 11.2. The SMILES string of the molecule is CC1(C)CCCCC1N1CCC(=O)CC1. The lowest BCUT2D eigenvalue weighted by molar-refractivity contribution is -0.122. The Morgan fingerprint density at radius 1 is 1.20 bits per heavy atom. The molecule has 86 valence electrons. The average molecular weight is 209 g/mol. The van der Waals surface area contributed by atoms with Gasteiger partial charge in [-0.15, -0.1) is 0 Å². The van der Waals surface area contributed by atoms with Crippen LogP contribution in [0.3, 0.4) is 0 Å². The number of ketones is 1. The van der Waals surface area contributed by atoms with Crippen LogP contribution >= 0.6 is 0 Å². The van der Waals surface area contributed by atoms with Crippen molar-refractivity contribution < 1.29 is 4.79 Å². The molecule has 0 bridgehead atoms. The van der Waals surface area contributed by atoms with Crippen LogP contribution in [0.15, 0.2) is 0 Å². The summed E-state index contributed by atoms with van der Waals surface area (Å²) in [4.78, 5) is 13.8. The van der Waals surface area contributed by atoms with Gasteiger partial charge < -0.3 is 0 Å². The Labute approximate surface area is 93.0 Å². The minimum absolute atomic E-state index is 0.457. The van der Waals surface area contributed by atoms with Crippen molar-refractivity contribution in [3.05, 3.63) is 0 Å². The molecule has 2 nitrogen and oxygen atoms in total. The number of likely N-dealkylation sites (tertiary alicyclic amines) is 1. The molecule has 0 amide bonds. The normalized spacial score (nSPS) is 32.9. The quantitative estimate of drug-likeness (QED) is 0.661. The van der Waals surface area contributed by atoms with E-state index in [4.69, 9.17) is 0 Å². The molecule has 2 rings (SSSR count). The standard InChI is InChI=1S/C13H23NO/c1-13(2)8-4-3-5-12(13)14-9-6-11(15)7-10-14/h12H,3-10H2,1-2H3. The summed E-state index contributed by atoms with van der Waals surface area (Å²) < 4.78 is 0. The molecule has 1 atom stereocenters. The summed E-state index contributed by atoms with van der Waals surface area (Å²) in [5.41, 5.74) is 0.457. The lowest BCUT2D eigenvalue weighted by Crippen LogP contribution is -2.50. The third-order valence-electron chi connectivity index (χ3n) is 4.25. The van der Waals surface area contributed by atoms with Crippen LogP contribution in [0.5, 0.6) is 0 Å². The molecule has 0 aromatic rings. The predicted molar refractivity (Wildman–Crippen MR) is 61.9 cm³/mol. The van der Waals surface area contributed by atoms with E-state index in [9.17, 15) is 4.79 Å². The van der Waals surface area contributed by atoms with Crippen LogP contribution in [-0.4, -0.2) is 29.8 Å². The number of hydrogen-bond donors (Lipinski definition) is 0. The van der Waals surface area contributed by atoms with Crippen molar-refractivity contribution in [2.75, 3.05) is 13.1 Å². The van der Waals surface area contributed by atoms with Crippen molar-refractivity contribution in [3.63, 3.8) is 0 Å². The second kappa shape index (κ2) is 4.25. The third-order valence-corrected chi connectivity index (χ3v) is 4.25. The Kier molecular flexibility index (Phi) is 3.15. The van der Waals surface area contributed by atoms with Crippen molar-refractivity contribution in [1.82, 2.24) is 4.90 Å². The molecular weight excluding hydrogens is 186 g/mol. The molecule has 1 aliphatic carbocycles. The summed E-state index contributed by atoms with van der Waals surface area (Å²) in [7, 11) is 0. The summed E-state index contributed by atoms with van der Waals surface area (Å²) in [5, 5.41) is 0. The highest BCUT2D eigenvalue weighted by molar-refractivity contribution is 5.79. The van der Waals surface area contributed by atoms with Gasteiger partial charge in [0.1, 0.15) is 5.78 Å². The van der Waals surface area contributed by atoms with E-state index in [0.29, 0.717) is 11.2 Å². The first kappa shape index (κ1) is 11.1. The van der Waals surface area contributed by atoms with Crippen LogP contribution in [-0.2, 0) is 4.79 Å². The van der Waals surface area contributed by atoms with Crippen molar-refractivity contribution in [3.8, 4) is 0 Å². The molecular formula is C13H23NO. The number of hydrogen-bond acceptors (Lipinski definition) is 2. The first-order valence-corrected chi connectivity index (χ1v) is 6.35. The molecule has 15 heavy (non-hydrogen) atoms. The van der Waals surface area contributed by atoms with Crippen molar-refractivity contribution in [2.24, 2.45) is 5.41 Å². The molecule has 0 radical (unpaired) electrons. The summed E-state index contributed by atoms with van der Waals surface area (Å²) in [6.07, 6.45) is 7.01. The molecule has 2 heteroatoms. The van der Waals surface area contributed by atoms with Gasteiger partial charge in [0.2, 0.25) is 0 Å². The van der Waals surface area contributed by atoms with Gasteiger partial charge in [0.15, 0.2) is 0 Å². The Bertz CT molecular complexity index is 237. The number of rotatable bonds is 1. The molecule has 0 spiro atoms. The Balaban J connectivity index is 1.99. The van der Waals surface area contributed by atoms with Crippen LogP contribution in [0.4, 0.5) is 0 Å². The highest BCUT2D eigenvalue weighted by atomic mass is 16.1. The summed E-state index contributed by atoms with van der Waals surface area (Å²) in [6.45, 7) is 6.81. The molecule has 0 N–H and O–H groups in total. The van der Waals surface area contributed by atoms with E-state index in [-0.39, 0.29) is 0 Å². The maximum atomic E-state index is 11.2. The van der Waals surface area contributed by atoms with E-state index in [0.717, 1.165) is 32.0 Å². The van der Waals surface area contributed by atoms with Crippen LogP contribution < -0.4 is 0 Å². The Hall–Kier alpha value is -0.370. The fraction of sp³-hybridized carbons (Fsp3) is 0.923. The minimum Gasteiger partial charge on any atom is -0.300 e. The van der Waals surface area contributed by atoms with Gasteiger partial charge in [0.05, 0.1) is 0 Å². The van der Waals surface area contributed by atoms with Crippen molar-refractivity contribution in [1.29, 1.82) is 0 Å². The Morgan fingerprint density at radius 2 is 1.87 bits per heavy atom. The van der Waals surface area contributed by atoms with E-state index < -0.39 is 0 Å². The van der Waals surface area contributed by atoms with E-state index in [1.165, 1.54) is 25.7 Å². The molecule has 0 aromatic heterocycles. The van der Waals surface area contributed by atoms with Crippen LogP contribution in [0, 0.1) is 5.41 Å². The average Bonchev–Trinajstić information content (AvgIpc) is 2.19. The van der Waals surface area contributed by atoms with E-state index in [1.807, 2.05) is 0 Å². The Morgan fingerprint density at radius 3 is 2.47 bits per heavy atom. The van der Waals surface area contributed by atoms with E-state index in [1.54, 1.807) is 0 Å². The van der Waals surface area contributed by atoms with Crippen molar-refractivity contribution in [2.45, 2.75) is 58.4 Å². The van der Waals surface area contributed by atoms with Gasteiger partial charge in [-0.05, 0) is 18.3 Å². The van der Waals surface area contributed by atoms with Crippen LogP contribution in [0.2, 0.25) is 0 Å². The number of carbonyl (C=O) groups excluding carboxylic acids is 1. The van der Waals surface area contributed by atoms with Gasteiger partial charge in [-0.1, -0.05) is 26.7 Å². The number of carbonyl (C=O) groups is 1. The monoisotopic (exact) mass is 209 g/mol. The van der Waals surface area contributed by atoms with Gasteiger partial charge in [-0.25, -0.2) is 0 Å². The fourth-order valence-corrected chi connectivity index (χ4v) is 3.24. The summed E-state index contributed by atoms with van der Waals surface area (Å²) in [5.74, 6) is 0.458. The van der Waals surface area contributed by atoms with Crippen LogP contribution in [0.1, 0.15) is 52.4 Å². The van der Waals surface area contributed by atoms with Gasteiger partial charge in [-0.3, -0.25) is 9.69 Å². The topological polar surface area (TPSA) is 20.3 Å². The highest BCUT2D eigenvalue weighted by Gasteiger charge is 2.37. The van der Waals surface area contributed by atoms with Gasteiger partial charge in [0, 0.05) is 32.0 Å². The highest BCUT2D eigenvalue weighted by Crippen LogP contribution is 2.39. The molecule has 1 heterocycles. The van der Waals surface area contributed by atoms with Gasteiger partial charge in [0.25, 0.3) is 0 Å². The smallest absolute Gasteiger partial charge is 0.135 e. The first-order valence-electron chi connectivity index (χ1n) is 6.35. The second-order valence-electron chi connectivity index (χ2n) is 5.82. The molecule has 2 aliphatic rings. The first-order chi connectivity index (χ1) is 7.09. The lowest BCUT2D eigenvalue weighted by atomic mass is 9.72. The van der Waals surface area contributed by atoms with Gasteiger partial charge >= 0.3 is 0 Å². The molecule has 2 fully saturated rings. The van der Waals surface area contributed by atoms with E-state index >= 15 is 0 Å². The van der Waals surface area contributed by atoms with Crippen LogP contribution in [0.25, 0.3) is 0 Å². The third kappa shape index (κ3) is 2.41. The second-order valence-corrected chi connectivity index (χ2v) is 5.82. The lowest BCUT2D eigenvalue weighted by Gasteiger charge is -2.46. The summed E-state index contributed by atoms with van der Waals surface area (Å²) in [6, 6.07) is 0.722. The fourth-order valence-electron chi connectivity index (χ4n) is 3.24. The zero-order chi connectivity index (χ0) is 10.9. The number of nitrogens with zero attached hydrogens (tertiary/aromatic N) is 1. The summed E-state index contributed by atoms with van der Waals surface area (Å²) >= 11 is 0. The zero-order valence-corrected chi connectivity index (χ0v) is 10.1. The molecule has 1 saturated heterocycles. The predicted octanol–water partition coefficient (Wildman–Crippen LogP) is 2.62. The molecule has 1 aliphatic heterocycles. The largest absolute Gasteiger partial charge is 0.300 e. The number of piperidine rings is 1.